The average Bonchev–Trinajstić information content (AvgIpc) is 2.87. The Labute approximate surface area is 210 Å². The van der Waals surface area contributed by atoms with Crippen molar-refractivity contribution in [3.63, 3.8) is 0 Å². The fraction of sp³-hybridized carbons (Fsp3) is 0.269. The molecule has 0 saturated heterocycles. The maximum atomic E-state index is 14.1. The number of halogens is 1. The Bertz CT molecular complexity index is 1320. The molecule has 0 aliphatic rings. The van der Waals surface area contributed by atoms with Crippen LogP contribution in [-0.4, -0.2) is 39.6 Å². The second kappa shape index (κ2) is 11.8. The smallest absolute Gasteiger partial charge is 0.339 e. The Kier molecular flexibility index (Phi) is 8.76. The van der Waals surface area contributed by atoms with Crippen LogP contribution in [0.4, 0.5) is 14.9 Å². The molecule has 1 N–H and O–H groups in total. The lowest BCUT2D eigenvalue weighted by Crippen LogP contribution is -2.40. The summed E-state index contributed by atoms with van der Waals surface area (Å²) in [6.45, 7) is 3.90. The topological polar surface area (TPSA) is 94.2 Å². The van der Waals surface area contributed by atoms with Crippen molar-refractivity contribution < 1.29 is 31.3 Å². The number of carbonyl (C=O) groups excluding carboxylic acids is 1. The summed E-state index contributed by atoms with van der Waals surface area (Å²) in [6, 6.07) is 16.2. The maximum absolute atomic E-state index is 14.1. The maximum Gasteiger partial charge on any atom is 0.339 e. The molecular formula is C26H29FN2O6S. The van der Waals surface area contributed by atoms with E-state index in [0.29, 0.717) is 23.4 Å². The fourth-order valence-corrected chi connectivity index (χ4v) is 4.43. The molecular weight excluding hydrogens is 487 g/mol. The number of carbonyl (C=O) groups is 1. The van der Waals surface area contributed by atoms with Crippen LogP contribution < -0.4 is 19.0 Å². The summed E-state index contributed by atoms with van der Waals surface area (Å²) in [6.07, 6.45) is 0.659. The van der Waals surface area contributed by atoms with Gasteiger partial charge in [-0.05, 0) is 49.7 Å². The molecule has 0 heterocycles. The van der Waals surface area contributed by atoms with E-state index in [4.69, 9.17) is 13.7 Å². The first-order valence-corrected chi connectivity index (χ1v) is 12.7. The molecule has 3 aromatic rings. The normalized spacial score (nSPS) is 11.9. The van der Waals surface area contributed by atoms with Crippen LogP contribution in [0.1, 0.15) is 25.8 Å². The van der Waals surface area contributed by atoms with E-state index in [1.54, 1.807) is 47.4 Å². The zero-order chi connectivity index (χ0) is 26.3. The third-order valence-corrected chi connectivity index (χ3v) is 6.89. The highest BCUT2D eigenvalue weighted by Gasteiger charge is 2.25. The number of methoxy groups -OCH3 is 2. The Balaban J connectivity index is 1.88. The van der Waals surface area contributed by atoms with Crippen LogP contribution >= 0.6 is 0 Å². The first-order chi connectivity index (χ1) is 17.2. The van der Waals surface area contributed by atoms with Gasteiger partial charge in [0.05, 0.1) is 26.5 Å². The monoisotopic (exact) mass is 516 g/mol. The molecule has 0 aromatic heterocycles. The average molecular weight is 517 g/mol. The van der Waals surface area contributed by atoms with E-state index in [-0.39, 0.29) is 35.0 Å². The zero-order valence-electron chi connectivity index (χ0n) is 20.5. The summed E-state index contributed by atoms with van der Waals surface area (Å²) < 4.78 is 55.4. The van der Waals surface area contributed by atoms with Crippen LogP contribution in [0.15, 0.2) is 71.6 Å². The number of para-hydroxylation sites is 3. The molecule has 0 saturated carbocycles. The molecule has 0 unspecified atom stereocenters. The van der Waals surface area contributed by atoms with Crippen molar-refractivity contribution >= 4 is 21.8 Å². The van der Waals surface area contributed by atoms with E-state index < -0.39 is 15.9 Å². The molecule has 0 aliphatic carbocycles. The first-order valence-electron chi connectivity index (χ1n) is 11.3. The highest BCUT2D eigenvalue weighted by Crippen LogP contribution is 2.28. The fourth-order valence-electron chi connectivity index (χ4n) is 3.45. The number of rotatable bonds is 10. The largest absolute Gasteiger partial charge is 0.495 e. The van der Waals surface area contributed by atoms with Gasteiger partial charge in [-0.3, -0.25) is 0 Å². The lowest BCUT2D eigenvalue weighted by molar-refractivity contribution is 0.186. The molecule has 0 aliphatic heterocycles. The number of amides is 2. The minimum atomic E-state index is -4.35. The van der Waals surface area contributed by atoms with Crippen molar-refractivity contribution in [1.29, 1.82) is 0 Å². The van der Waals surface area contributed by atoms with Crippen molar-refractivity contribution in [2.24, 2.45) is 0 Å². The van der Waals surface area contributed by atoms with E-state index >= 15 is 0 Å². The Morgan fingerprint density at radius 2 is 1.61 bits per heavy atom. The van der Waals surface area contributed by atoms with E-state index in [1.807, 2.05) is 13.8 Å². The van der Waals surface area contributed by atoms with Gasteiger partial charge < -0.3 is 23.9 Å². The molecule has 36 heavy (non-hydrogen) atoms. The molecule has 0 radical (unpaired) electrons. The van der Waals surface area contributed by atoms with Crippen molar-refractivity contribution in [3.8, 4) is 17.2 Å². The minimum absolute atomic E-state index is 0.0344. The number of hydrogen-bond donors (Lipinski definition) is 1. The number of anilines is 1. The van der Waals surface area contributed by atoms with Gasteiger partial charge in [-0.15, -0.1) is 0 Å². The molecule has 8 nitrogen and oxygen atoms in total. The Morgan fingerprint density at radius 1 is 0.972 bits per heavy atom. The number of ether oxygens (including phenoxy) is 2. The van der Waals surface area contributed by atoms with Crippen LogP contribution in [0, 0.1) is 5.82 Å². The molecule has 1 atom stereocenters. The number of nitrogens with one attached hydrogen (secondary N) is 1. The second-order valence-corrected chi connectivity index (χ2v) is 9.50. The predicted molar refractivity (Wildman–Crippen MR) is 135 cm³/mol. The predicted octanol–water partition coefficient (Wildman–Crippen LogP) is 5.44. The number of benzene rings is 3. The summed E-state index contributed by atoms with van der Waals surface area (Å²) in [5.41, 5.74) is 0.970. The van der Waals surface area contributed by atoms with Crippen LogP contribution in [0.3, 0.4) is 0 Å². The van der Waals surface area contributed by atoms with Crippen LogP contribution in [0.5, 0.6) is 17.2 Å². The van der Waals surface area contributed by atoms with Crippen LogP contribution in [0.2, 0.25) is 0 Å². The number of urea groups is 1. The molecule has 0 fully saturated rings. The van der Waals surface area contributed by atoms with Gasteiger partial charge in [0.25, 0.3) is 0 Å². The van der Waals surface area contributed by atoms with E-state index in [9.17, 15) is 17.6 Å². The summed E-state index contributed by atoms with van der Waals surface area (Å²) in [5.74, 6) is -0.366. The number of nitrogens with zero attached hydrogens (tertiary/aromatic N) is 1. The Hall–Kier alpha value is -3.79. The van der Waals surface area contributed by atoms with Crippen LogP contribution in [0.25, 0.3) is 0 Å². The Morgan fingerprint density at radius 3 is 2.25 bits per heavy atom. The summed E-state index contributed by atoms with van der Waals surface area (Å²) in [5, 5.41) is 2.86. The highest BCUT2D eigenvalue weighted by atomic mass is 32.2. The number of hydrogen-bond acceptors (Lipinski definition) is 6. The van der Waals surface area contributed by atoms with Crippen molar-refractivity contribution in [1.82, 2.24) is 4.90 Å². The molecule has 10 heteroatoms. The quantitative estimate of drug-likeness (QED) is 0.361. The SMILES string of the molecule is CC[C@@H](C)N(Cc1ccccc1OS(=O)(=O)c1ccc(OC)c(F)c1)C(=O)Nc1ccccc1OC. The van der Waals surface area contributed by atoms with Gasteiger partial charge in [-0.25, -0.2) is 9.18 Å². The molecule has 0 bridgehead atoms. The van der Waals surface area contributed by atoms with Gasteiger partial charge in [0.1, 0.15) is 16.4 Å². The second-order valence-electron chi connectivity index (χ2n) is 7.96. The molecule has 2 amide bonds. The summed E-state index contributed by atoms with van der Waals surface area (Å²) in [7, 11) is -1.56. The van der Waals surface area contributed by atoms with Gasteiger partial charge in [0.2, 0.25) is 0 Å². The molecule has 0 spiro atoms. The van der Waals surface area contributed by atoms with Gasteiger partial charge in [0, 0.05) is 11.6 Å². The van der Waals surface area contributed by atoms with E-state index in [1.165, 1.54) is 32.4 Å². The van der Waals surface area contributed by atoms with Crippen molar-refractivity contribution in [3.05, 3.63) is 78.1 Å². The first kappa shape index (κ1) is 26.8. The minimum Gasteiger partial charge on any atom is -0.495 e. The van der Waals surface area contributed by atoms with Crippen molar-refractivity contribution in [2.45, 2.75) is 37.8 Å². The van der Waals surface area contributed by atoms with Crippen molar-refractivity contribution in [2.75, 3.05) is 19.5 Å². The van der Waals surface area contributed by atoms with E-state index in [2.05, 4.69) is 5.32 Å². The summed E-state index contributed by atoms with van der Waals surface area (Å²) in [4.78, 5) is 14.5. The lowest BCUT2D eigenvalue weighted by atomic mass is 10.1. The lowest BCUT2D eigenvalue weighted by Gasteiger charge is -2.29. The zero-order valence-corrected chi connectivity index (χ0v) is 21.3. The van der Waals surface area contributed by atoms with Gasteiger partial charge in [-0.1, -0.05) is 37.3 Å². The van der Waals surface area contributed by atoms with Gasteiger partial charge in [0.15, 0.2) is 11.6 Å². The van der Waals surface area contributed by atoms with Crippen LogP contribution in [-0.2, 0) is 16.7 Å². The van der Waals surface area contributed by atoms with Gasteiger partial charge in [-0.2, -0.15) is 8.42 Å². The standard InChI is InChI=1S/C26H29FN2O6S/c1-5-18(2)29(26(30)28-22-11-7-9-13-25(22)34-4)17-19-10-6-8-12-23(19)35-36(31,32)20-14-15-24(33-3)21(27)16-20/h6-16,18H,5,17H2,1-4H3,(H,28,30)/t18-/m1/s1. The van der Waals surface area contributed by atoms with E-state index in [0.717, 1.165) is 6.07 Å². The van der Waals surface area contributed by atoms with Gasteiger partial charge >= 0.3 is 16.1 Å². The molecule has 3 rings (SSSR count). The highest BCUT2D eigenvalue weighted by molar-refractivity contribution is 7.87. The third kappa shape index (κ3) is 6.25. The third-order valence-electron chi connectivity index (χ3n) is 5.66. The summed E-state index contributed by atoms with van der Waals surface area (Å²) >= 11 is 0. The molecule has 192 valence electrons. The molecule has 3 aromatic carbocycles.